The molecule has 0 unspecified atom stereocenters. The average Bonchev–Trinajstić information content (AvgIpc) is 3.07. The minimum Gasteiger partial charge on any atom is -0.481 e. The van der Waals surface area contributed by atoms with E-state index in [0.717, 1.165) is 30.0 Å². The molecule has 1 heterocycles. The molecule has 0 saturated heterocycles. The molecule has 0 radical (unpaired) electrons. The van der Waals surface area contributed by atoms with Crippen molar-refractivity contribution >= 4 is 23.2 Å². The molecule has 2 rings (SSSR count). The summed E-state index contributed by atoms with van der Waals surface area (Å²) in [7, 11) is 0. The zero-order valence-electron chi connectivity index (χ0n) is 10.9. The zero-order chi connectivity index (χ0) is 13.8. The predicted molar refractivity (Wildman–Crippen MR) is 72.0 cm³/mol. The van der Waals surface area contributed by atoms with E-state index >= 15 is 0 Å². The van der Waals surface area contributed by atoms with Crippen LogP contribution in [0.15, 0.2) is 5.38 Å². The topological polar surface area (TPSA) is 79.3 Å². The lowest BCUT2D eigenvalue weighted by molar-refractivity contribution is -0.140. The molecule has 1 fully saturated rings. The number of aryl methyl sites for hydroxylation is 2. The lowest BCUT2D eigenvalue weighted by Gasteiger charge is -2.03. The Morgan fingerprint density at radius 2 is 2.26 bits per heavy atom. The minimum atomic E-state index is -0.862. The third-order valence-corrected chi connectivity index (χ3v) is 4.25. The number of carboxylic acid groups (broad SMARTS) is 1. The molecule has 1 aliphatic carbocycles. The van der Waals surface area contributed by atoms with E-state index in [1.165, 1.54) is 0 Å². The summed E-state index contributed by atoms with van der Waals surface area (Å²) >= 11 is 1.67. The molecule has 1 aliphatic rings. The fraction of sp³-hybridized carbons (Fsp3) is 0.615. The number of aliphatic carboxylic acids is 1. The molecule has 0 aromatic carbocycles. The molecule has 0 bridgehead atoms. The maximum absolute atomic E-state index is 11.6. The van der Waals surface area contributed by atoms with Crippen LogP contribution < -0.4 is 5.32 Å². The minimum absolute atomic E-state index is 0.113. The number of nitrogens with zero attached hydrogens (tertiary/aromatic N) is 1. The summed E-state index contributed by atoms with van der Waals surface area (Å²) in [6, 6.07) is 0. The van der Waals surface area contributed by atoms with E-state index in [0.29, 0.717) is 13.0 Å². The van der Waals surface area contributed by atoms with Gasteiger partial charge in [-0.3, -0.25) is 9.59 Å². The number of amides is 1. The molecule has 1 saturated carbocycles. The Balaban J connectivity index is 1.55. The summed E-state index contributed by atoms with van der Waals surface area (Å²) in [6.45, 7) is 2.60. The molecule has 19 heavy (non-hydrogen) atoms. The number of carbonyl (C=O) groups excluding carboxylic acids is 1. The average molecular weight is 282 g/mol. The lowest BCUT2D eigenvalue weighted by atomic mass is 10.2. The van der Waals surface area contributed by atoms with Gasteiger partial charge in [-0.25, -0.2) is 4.98 Å². The van der Waals surface area contributed by atoms with E-state index < -0.39 is 11.9 Å². The van der Waals surface area contributed by atoms with Gasteiger partial charge in [0.1, 0.15) is 0 Å². The number of hydrogen-bond acceptors (Lipinski definition) is 4. The monoisotopic (exact) mass is 282 g/mol. The first-order chi connectivity index (χ1) is 9.08. The lowest BCUT2D eigenvalue weighted by Crippen LogP contribution is -2.27. The summed E-state index contributed by atoms with van der Waals surface area (Å²) < 4.78 is 0. The second kappa shape index (κ2) is 6.14. The molecule has 2 N–H and O–H groups in total. The number of unbranched alkanes of at least 4 members (excludes halogenated alkanes) is 1. The number of nitrogens with one attached hydrogen (secondary N) is 1. The van der Waals surface area contributed by atoms with Gasteiger partial charge in [0.05, 0.1) is 16.8 Å². The van der Waals surface area contributed by atoms with Crippen molar-refractivity contribution in [3.8, 4) is 0 Å². The highest BCUT2D eigenvalue weighted by atomic mass is 32.1. The van der Waals surface area contributed by atoms with Crippen molar-refractivity contribution in [1.82, 2.24) is 10.3 Å². The van der Waals surface area contributed by atoms with Crippen LogP contribution in [0.5, 0.6) is 0 Å². The SMILES string of the molecule is Cc1csc(CCCCNC(=O)[C@H]2C[C@H]2C(=O)O)n1. The number of carbonyl (C=O) groups is 2. The Morgan fingerprint density at radius 3 is 2.84 bits per heavy atom. The van der Waals surface area contributed by atoms with Crippen molar-refractivity contribution in [2.45, 2.75) is 32.6 Å². The maximum Gasteiger partial charge on any atom is 0.307 e. The molecule has 2 atom stereocenters. The summed E-state index contributed by atoms with van der Waals surface area (Å²) in [5.74, 6) is -1.74. The third kappa shape index (κ3) is 4.02. The van der Waals surface area contributed by atoms with Gasteiger partial charge in [-0.05, 0) is 32.6 Å². The van der Waals surface area contributed by atoms with Crippen LogP contribution >= 0.6 is 11.3 Å². The van der Waals surface area contributed by atoms with Crippen LogP contribution in [0.3, 0.4) is 0 Å². The van der Waals surface area contributed by atoms with Gasteiger partial charge in [-0.2, -0.15) is 0 Å². The van der Waals surface area contributed by atoms with Gasteiger partial charge >= 0.3 is 5.97 Å². The first-order valence-electron chi connectivity index (χ1n) is 6.49. The summed E-state index contributed by atoms with van der Waals surface area (Å²) in [5.41, 5.74) is 1.06. The van der Waals surface area contributed by atoms with Gasteiger partial charge in [0.25, 0.3) is 0 Å². The molecule has 6 heteroatoms. The van der Waals surface area contributed by atoms with E-state index in [4.69, 9.17) is 5.11 Å². The van der Waals surface area contributed by atoms with Crippen LogP contribution in [-0.2, 0) is 16.0 Å². The molecule has 0 spiro atoms. The maximum atomic E-state index is 11.6. The van der Waals surface area contributed by atoms with Crippen LogP contribution in [0.25, 0.3) is 0 Å². The first kappa shape index (κ1) is 14.0. The summed E-state index contributed by atoms with van der Waals surface area (Å²) in [5, 5.41) is 14.7. The largest absolute Gasteiger partial charge is 0.481 e. The Morgan fingerprint density at radius 1 is 1.47 bits per heavy atom. The second-order valence-electron chi connectivity index (χ2n) is 4.92. The van der Waals surface area contributed by atoms with E-state index in [1.54, 1.807) is 11.3 Å². The molecule has 1 amide bonds. The fourth-order valence-corrected chi connectivity index (χ4v) is 2.84. The quantitative estimate of drug-likeness (QED) is 0.745. The third-order valence-electron chi connectivity index (χ3n) is 3.23. The van der Waals surface area contributed by atoms with Gasteiger partial charge in [-0.1, -0.05) is 0 Å². The van der Waals surface area contributed by atoms with Crippen molar-refractivity contribution in [1.29, 1.82) is 0 Å². The fourth-order valence-electron chi connectivity index (χ4n) is 2.02. The number of thiazole rings is 1. The Labute approximate surface area is 116 Å². The van der Waals surface area contributed by atoms with Crippen molar-refractivity contribution in [2.75, 3.05) is 6.54 Å². The molecule has 104 valence electrons. The van der Waals surface area contributed by atoms with Crippen molar-refractivity contribution in [3.63, 3.8) is 0 Å². The van der Waals surface area contributed by atoms with Gasteiger partial charge in [0.2, 0.25) is 5.91 Å². The van der Waals surface area contributed by atoms with Crippen LogP contribution in [0, 0.1) is 18.8 Å². The number of rotatable bonds is 7. The number of aromatic nitrogens is 1. The Kier molecular flexibility index (Phi) is 4.52. The molecule has 0 aliphatic heterocycles. The van der Waals surface area contributed by atoms with Gasteiger partial charge in [0, 0.05) is 17.6 Å². The molecule has 1 aromatic heterocycles. The van der Waals surface area contributed by atoms with Crippen LogP contribution in [0.2, 0.25) is 0 Å². The standard InChI is InChI=1S/C13H18N2O3S/c1-8-7-19-11(15-8)4-2-3-5-14-12(16)9-6-10(9)13(17)18/h7,9-10H,2-6H2,1H3,(H,14,16)(H,17,18)/t9-,10+/m0/s1. The van der Waals surface area contributed by atoms with E-state index in [9.17, 15) is 9.59 Å². The molecular formula is C13H18N2O3S. The van der Waals surface area contributed by atoms with Gasteiger partial charge in [0.15, 0.2) is 0 Å². The summed E-state index contributed by atoms with van der Waals surface area (Å²) in [4.78, 5) is 26.6. The summed E-state index contributed by atoms with van der Waals surface area (Å²) in [6.07, 6.45) is 3.31. The molecule has 1 aromatic rings. The number of carboxylic acids is 1. The van der Waals surface area contributed by atoms with Crippen molar-refractivity contribution < 1.29 is 14.7 Å². The molecule has 5 nitrogen and oxygen atoms in total. The van der Waals surface area contributed by atoms with Gasteiger partial charge in [-0.15, -0.1) is 11.3 Å². The van der Waals surface area contributed by atoms with Crippen LogP contribution in [-0.4, -0.2) is 28.5 Å². The highest BCUT2D eigenvalue weighted by Gasteiger charge is 2.48. The highest BCUT2D eigenvalue weighted by Crippen LogP contribution is 2.38. The highest BCUT2D eigenvalue weighted by molar-refractivity contribution is 7.09. The second-order valence-corrected chi connectivity index (χ2v) is 5.86. The first-order valence-corrected chi connectivity index (χ1v) is 7.37. The smallest absolute Gasteiger partial charge is 0.307 e. The van der Waals surface area contributed by atoms with Crippen molar-refractivity contribution in [2.24, 2.45) is 11.8 Å². The van der Waals surface area contributed by atoms with Gasteiger partial charge < -0.3 is 10.4 Å². The Hall–Kier alpha value is -1.43. The number of hydrogen-bond donors (Lipinski definition) is 2. The normalized spacial score (nSPS) is 21.1. The van der Waals surface area contributed by atoms with Crippen molar-refractivity contribution in [3.05, 3.63) is 16.1 Å². The van der Waals surface area contributed by atoms with Crippen LogP contribution in [0.1, 0.15) is 30.0 Å². The predicted octanol–water partition coefficient (Wildman–Crippen LogP) is 1.61. The van der Waals surface area contributed by atoms with Crippen LogP contribution in [0.4, 0.5) is 0 Å². The van der Waals surface area contributed by atoms with E-state index in [1.807, 2.05) is 12.3 Å². The van der Waals surface area contributed by atoms with E-state index in [2.05, 4.69) is 10.3 Å². The zero-order valence-corrected chi connectivity index (χ0v) is 11.7. The molecular weight excluding hydrogens is 264 g/mol. The van der Waals surface area contributed by atoms with E-state index in [-0.39, 0.29) is 11.8 Å². The Bertz CT molecular complexity index is 472.